The van der Waals surface area contributed by atoms with Crippen molar-refractivity contribution in [1.82, 2.24) is 5.32 Å². The Balaban J connectivity index is 1.72. The van der Waals surface area contributed by atoms with Gasteiger partial charge >= 0.3 is 5.97 Å². The van der Waals surface area contributed by atoms with Crippen molar-refractivity contribution in [1.29, 1.82) is 0 Å². The van der Waals surface area contributed by atoms with Crippen molar-refractivity contribution in [2.75, 3.05) is 13.2 Å². The first-order chi connectivity index (χ1) is 12.6. The Kier molecular flexibility index (Phi) is 6.00. The molecule has 0 aliphatic carbocycles. The normalized spacial score (nSPS) is 19.3. The average Bonchev–Trinajstić information content (AvgIpc) is 3.13. The topological polar surface area (TPSA) is 67.8 Å². The molecule has 1 heterocycles. The van der Waals surface area contributed by atoms with E-state index in [2.05, 4.69) is 5.32 Å². The molecule has 5 nitrogen and oxygen atoms in total. The zero-order valence-electron chi connectivity index (χ0n) is 14.3. The van der Waals surface area contributed by atoms with Gasteiger partial charge in [0, 0.05) is 6.54 Å². The first-order valence-corrected chi connectivity index (χ1v) is 9.26. The second-order valence-electron chi connectivity index (χ2n) is 5.81. The lowest BCUT2D eigenvalue weighted by molar-refractivity contribution is -0.136. The molecular formula is C19H20FNO4S. The van der Waals surface area contributed by atoms with Crippen LogP contribution in [0.3, 0.4) is 0 Å². The van der Waals surface area contributed by atoms with Crippen LogP contribution < -0.4 is 14.8 Å². The smallest absolute Gasteiger partial charge is 0.318 e. The molecule has 1 fully saturated rings. The summed E-state index contributed by atoms with van der Waals surface area (Å²) in [5, 5.41) is 11.8. The van der Waals surface area contributed by atoms with E-state index >= 15 is 0 Å². The predicted molar refractivity (Wildman–Crippen MR) is 98.1 cm³/mol. The van der Waals surface area contributed by atoms with Gasteiger partial charge in [0.2, 0.25) is 0 Å². The Morgan fingerprint density at radius 1 is 1.23 bits per heavy atom. The molecule has 0 bridgehead atoms. The largest absolute Gasteiger partial charge is 0.490 e. The van der Waals surface area contributed by atoms with Crippen molar-refractivity contribution in [3.63, 3.8) is 0 Å². The number of aliphatic carboxylic acids is 1. The number of benzene rings is 2. The van der Waals surface area contributed by atoms with Crippen molar-refractivity contribution in [2.24, 2.45) is 0 Å². The molecule has 3 rings (SSSR count). The summed E-state index contributed by atoms with van der Waals surface area (Å²) in [6.07, 6.45) is 0. The number of carbonyl (C=O) groups is 1. The minimum atomic E-state index is -0.811. The molecule has 2 aromatic carbocycles. The molecular weight excluding hydrogens is 357 g/mol. The van der Waals surface area contributed by atoms with Crippen molar-refractivity contribution in [2.45, 2.75) is 24.2 Å². The molecule has 138 valence electrons. The third-order valence-electron chi connectivity index (χ3n) is 3.94. The van der Waals surface area contributed by atoms with Crippen LogP contribution in [0.15, 0.2) is 42.5 Å². The summed E-state index contributed by atoms with van der Waals surface area (Å²) >= 11 is 1.37. The van der Waals surface area contributed by atoms with Crippen LogP contribution in [-0.4, -0.2) is 29.5 Å². The second-order valence-corrected chi connectivity index (χ2v) is 7.12. The molecule has 0 spiro atoms. The number of carboxylic acids is 1. The van der Waals surface area contributed by atoms with Crippen LogP contribution in [0, 0.1) is 5.82 Å². The van der Waals surface area contributed by atoms with Gasteiger partial charge in [0.15, 0.2) is 11.5 Å². The zero-order chi connectivity index (χ0) is 18.5. The third-order valence-corrected chi connectivity index (χ3v) is 5.35. The van der Waals surface area contributed by atoms with E-state index in [9.17, 15) is 9.18 Å². The van der Waals surface area contributed by atoms with Crippen LogP contribution in [0.1, 0.15) is 23.4 Å². The average molecular weight is 377 g/mol. The molecule has 0 radical (unpaired) electrons. The molecule has 1 aliphatic heterocycles. The van der Waals surface area contributed by atoms with Gasteiger partial charge in [0.1, 0.15) is 17.7 Å². The van der Waals surface area contributed by atoms with Gasteiger partial charge in [-0.3, -0.25) is 10.1 Å². The molecule has 26 heavy (non-hydrogen) atoms. The SMILES string of the molecule is CCOc1cc([C@@H]2NC[C@@H](C(=O)O)S2)ccc1OCc1ccc(F)cc1. The van der Waals surface area contributed by atoms with Crippen molar-refractivity contribution < 1.29 is 23.8 Å². The summed E-state index contributed by atoms with van der Waals surface area (Å²) in [6, 6.07) is 11.7. The summed E-state index contributed by atoms with van der Waals surface area (Å²) in [5.41, 5.74) is 1.80. The summed E-state index contributed by atoms with van der Waals surface area (Å²) in [5.74, 6) is 0.106. The highest BCUT2D eigenvalue weighted by Crippen LogP contribution is 2.39. The standard InChI is InChI=1S/C19H20FNO4S/c1-2-24-16-9-13(18-21-10-17(26-18)19(22)23)5-8-15(16)25-11-12-3-6-14(20)7-4-12/h3-9,17-18,21H,2,10-11H2,1H3,(H,22,23)/t17-,18+/m0/s1. The van der Waals surface area contributed by atoms with Crippen LogP contribution in [0.25, 0.3) is 0 Å². The lowest BCUT2D eigenvalue weighted by atomic mass is 10.2. The Morgan fingerprint density at radius 3 is 2.65 bits per heavy atom. The van der Waals surface area contributed by atoms with E-state index < -0.39 is 11.2 Å². The van der Waals surface area contributed by atoms with Crippen molar-refractivity contribution in [3.8, 4) is 11.5 Å². The Labute approximate surface area is 155 Å². The van der Waals surface area contributed by atoms with E-state index in [0.29, 0.717) is 31.3 Å². The van der Waals surface area contributed by atoms with Gasteiger partial charge in [-0.05, 0) is 42.3 Å². The molecule has 1 aliphatic rings. The van der Waals surface area contributed by atoms with Crippen LogP contribution in [0.2, 0.25) is 0 Å². The van der Waals surface area contributed by atoms with E-state index in [1.54, 1.807) is 12.1 Å². The van der Waals surface area contributed by atoms with Crippen LogP contribution in [-0.2, 0) is 11.4 Å². The van der Waals surface area contributed by atoms with Gasteiger partial charge < -0.3 is 14.6 Å². The number of rotatable bonds is 7. The number of nitrogens with one attached hydrogen (secondary N) is 1. The lowest BCUT2D eigenvalue weighted by Crippen LogP contribution is -2.21. The Bertz CT molecular complexity index is 769. The number of ether oxygens (including phenoxy) is 2. The highest BCUT2D eigenvalue weighted by molar-refractivity contribution is 8.01. The predicted octanol–water partition coefficient (Wildman–Crippen LogP) is 3.59. The Hall–Kier alpha value is -2.25. The number of carboxylic acid groups (broad SMARTS) is 1. The molecule has 1 saturated heterocycles. The van der Waals surface area contributed by atoms with E-state index in [1.165, 1.54) is 23.9 Å². The van der Waals surface area contributed by atoms with Gasteiger partial charge in [-0.1, -0.05) is 18.2 Å². The summed E-state index contributed by atoms with van der Waals surface area (Å²) in [7, 11) is 0. The molecule has 0 unspecified atom stereocenters. The van der Waals surface area contributed by atoms with E-state index in [-0.39, 0.29) is 11.2 Å². The molecule has 2 atom stereocenters. The third kappa shape index (κ3) is 4.47. The van der Waals surface area contributed by atoms with Crippen molar-refractivity contribution in [3.05, 3.63) is 59.4 Å². The van der Waals surface area contributed by atoms with E-state index in [0.717, 1.165) is 11.1 Å². The molecule has 0 saturated carbocycles. The highest BCUT2D eigenvalue weighted by atomic mass is 32.2. The Morgan fingerprint density at radius 2 is 2.00 bits per heavy atom. The number of thioether (sulfide) groups is 1. The maximum absolute atomic E-state index is 13.0. The molecule has 2 aromatic rings. The van der Waals surface area contributed by atoms with Gasteiger partial charge in [-0.25, -0.2) is 4.39 Å². The fourth-order valence-electron chi connectivity index (χ4n) is 2.63. The molecule has 2 N–H and O–H groups in total. The highest BCUT2D eigenvalue weighted by Gasteiger charge is 2.31. The van der Waals surface area contributed by atoms with E-state index in [4.69, 9.17) is 14.6 Å². The number of hydrogen-bond acceptors (Lipinski definition) is 5. The minimum absolute atomic E-state index is 0.0959. The van der Waals surface area contributed by atoms with Gasteiger partial charge in [-0.15, -0.1) is 11.8 Å². The second kappa shape index (κ2) is 8.42. The first-order valence-electron chi connectivity index (χ1n) is 8.32. The van der Waals surface area contributed by atoms with E-state index in [1.807, 2.05) is 25.1 Å². The van der Waals surface area contributed by atoms with Crippen LogP contribution in [0.4, 0.5) is 4.39 Å². The summed E-state index contributed by atoms with van der Waals surface area (Å²) in [4.78, 5) is 11.1. The number of halogens is 1. The number of hydrogen-bond donors (Lipinski definition) is 2. The van der Waals surface area contributed by atoms with Gasteiger partial charge in [0.05, 0.1) is 12.0 Å². The maximum atomic E-state index is 13.0. The maximum Gasteiger partial charge on any atom is 0.318 e. The molecule has 0 aromatic heterocycles. The monoisotopic (exact) mass is 377 g/mol. The zero-order valence-corrected chi connectivity index (χ0v) is 15.1. The molecule has 0 amide bonds. The van der Waals surface area contributed by atoms with Gasteiger partial charge in [0.25, 0.3) is 0 Å². The first kappa shape index (κ1) is 18.5. The fourth-order valence-corrected chi connectivity index (χ4v) is 3.77. The molecule has 7 heteroatoms. The summed E-state index contributed by atoms with van der Waals surface area (Å²) < 4.78 is 24.5. The van der Waals surface area contributed by atoms with Crippen LogP contribution in [0.5, 0.6) is 11.5 Å². The van der Waals surface area contributed by atoms with Crippen molar-refractivity contribution >= 4 is 17.7 Å². The fraction of sp³-hybridized carbons (Fsp3) is 0.316. The minimum Gasteiger partial charge on any atom is -0.490 e. The quantitative estimate of drug-likeness (QED) is 0.769. The van der Waals surface area contributed by atoms with Gasteiger partial charge in [-0.2, -0.15) is 0 Å². The lowest BCUT2D eigenvalue weighted by Gasteiger charge is -2.16. The van der Waals surface area contributed by atoms with Crippen LogP contribution >= 0.6 is 11.8 Å². The summed E-state index contributed by atoms with van der Waals surface area (Å²) in [6.45, 7) is 3.10.